The summed E-state index contributed by atoms with van der Waals surface area (Å²) in [5, 5.41) is 0. The maximum absolute atomic E-state index is 6.75. The Balaban J connectivity index is -0.00000000893. The molecule has 16 nitrogen and oxygen atoms in total. The summed E-state index contributed by atoms with van der Waals surface area (Å²) in [6.07, 6.45) is 0. The van der Waals surface area contributed by atoms with Crippen molar-refractivity contribution in [3.63, 3.8) is 0 Å². The molecular weight excluding hydrogens is 585 g/mol. The van der Waals surface area contributed by atoms with E-state index < -0.39 is 0 Å². The topological polar surface area (TPSA) is 322 Å². The van der Waals surface area contributed by atoms with E-state index in [4.69, 9.17) is 55.3 Å². The Bertz CT molecular complexity index is 195. The zero-order valence-electron chi connectivity index (χ0n) is 9.56. The zero-order chi connectivity index (χ0) is 13.5. The summed E-state index contributed by atoms with van der Waals surface area (Å²) in [6, 6.07) is 0. The molecule has 19 heteroatoms. The van der Waals surface area contributed by atoms with Gasteiger partial charge in [-0.1, -0.05) is 0 Å². The molecule has 0 N–H and O–H groups in total. The summed E-state index contributed by atoms with van der Waals surface area (Å²) in [5.74, 6) is 0. The molecule has 0 spiro atoms. The minimum atomic E-state index is 0. The summed E-state index contributed by atoms with van der Waals surface area (Å²) in [6.45, 7) is 0. The van der Waals surface area contributed by atoms with Gasteiger partial charge in [0.15, 0.2) is 0 Å². The second-order valence-corrected chi connectivity index (χ2v) is 0.447. The van der Waals surface area contributed by atoms with Crippen LogP contribution in [0.5, 0.6) is 0 Å². The molecule has 0 aliphatic rings. The summed E-state index contributed by atoms with van der Waals surface area (Å²) in [7, 11) is 0. The number of hydrogen-bond donors (Lipinski definition) is 0. The fourth-order valence-corrected chi connectivity index (χ4v) is 0. The fourth-order valence-electron chi connectivity index (χ4n) is 0. The average Bonchev–Trinajstić information content (AvgIpc) is 2.09. The smallest absolute Gasteiger partial charge is 2.00 e. The van der Waals surface area contributed by atoms with Crippen LogP contribution in [0.1, 0.15) is 0 Å². The predicted octanol–water partition coefficient (Wildman–Crippen LogP) is -1.78. The Hall–Kier alpha value is 1.35. The van der Waals surface area contributed by atoms with Gasteiger partial charge in [0.25, 0.3) is 0 Å². The normalized spacial score (nSPS) is 2.11. The molecule has 0 atom stereocenters. The van der Waals surface area contributed by atoms with E-state index in [9.17, 15) is 0 Å². The van der Waals surface area contributed by atoms with Crippen molar-refractivity contribution < 1.29 is 166 Å². The second-order valence-electron chi connectivity index (χ2n) is 0.447. The van der Waals surface area contributed by atoms with Gasteiger partial charge in [-0.2, -0.15) is 0 Å². The molecule has 0 bridgehead atoms. The van der Waals surface area contributed by atoms with Gasteiger partial charge in [-0.15, -0.1) is 0 Å². The minimum absolute atomic E-state index is 0. The third-order valence-electron chi connectivity index (χ3n) is 0. The Labute approximate surface area is 239 Å². The van der Waals surface area contributed by atoms with Crippen molar-refractivity contribution in [3.8, 4) is 0 Å². The van der Waals surface area contributed by atoms with Gasteiger partial charge < -0.3 is 60.8 Å². The SMILES string of the molecule is [Cs+].[Cs+].[N-]=[N+]=[N-].[N-]=[N+]=[N-].[N-]=[N+]=[N-].[N-]=[N+]=[N-].[N-]=[N+]=[N-].[Nb+5].[O-2]. The van der Waals surface area contributed by atoms with Crippen LogP contribution in [0.4, 0.5) is 0 Å². The van der Waals surface area contributed by atoms with Gasteiger partial charge in [0, 0.05) is 0 Å². The Morgan fingerprint density at radius 1 is 0.368 bits per heavy atom. The molecule has 0 aromatic heterocycles. The first-order valence-electron chi connectivity index (χ1n) is 2.00. The van der Waals surface area contributed by atoms with Gasteiger partial charge in [-0.3, -0.25) is 24.6 Å². The van der Waals surface area contributed by atoms with E-state index in [2.05, 4.69) is 0 Å². The number of hydrogen-bond acceptors (Lipinski definition) is 0. The first-order chi connectivity index (χ1) is 7.07. The summed E-state index contributed by atoms with van der Waals surface area (Å²) >= 11 is 0. The van der Waals surface area contributed by atoms with Crippen LogP contribution in [0.3, 0.4) is 0 Å². The minimum Gasteiger partial charge on any atom is -2.00 e. The Morgan fingerprint density at radius 3 is 0.368 bits per heavy atom. The first-order valence-corrected chi connectivity index (χ1v) is 2.00. The second kappa shape index (κ2) is 161. The molecular formula is Cs2N15NbO. The van der Waals surface area contributed by atoms with E-state index in [1.807, 2.05) is 0 Å². The zero-order valence-corrected chi connectivity index (χ0v) is 24.3. The van der Waals surface area contributed by atoms with Crippen LogP contribution < -0.4 is 138 Å². The van der Waals surface area contributed by atoms with Crippen molar-refractivity contribution in [3.05, 3.63) is 79.9 Å². The molecule has 88 valence electrons. The van der Waals surface area contributed by atoms with Crippen LogP contribution in [-0.2, 0) is 27.9 Å². The maximum atomic E-state index is 6.75. The monoisotopic (exact) mass is 585 g/mol. The quantitative estimate of drug-likeness (QED) is 0.132. The number of rotatable bonds is 0. The van der Waals surface area contributed by atoms with E-state index in [-0.39, 0.29) is 166 Å². The molecule has 0 fully saturated rings. The molecule has 0 heterocycles. The maximum Gasteiger partial charge on any atom is 5.00 e. The molecule has 0 aromatic rings. The van der Waals surface area contributed by atoms with Crippen LogP contribution in [0, 0.1) is 0 Å². The number of nitrogens with zero attached hydrogens (tertiary/aromatic N) is 15. The van der Waals surface area contributed by atoms with Crippen LogP contribution in [0.25, 0.3) is 79.9 Å². The molecule has 19 heavy (non-hydrogen) atoms. The van der Waals surface area contributed by atoms with Crippen molar-refractivity contribution in [2.75, 3.05) is 0 Å². The van der Waals surface area contributed by atoms with Gasteiger partial charge in [0.05, 0.1) is 0 Å². The predicted molar refractivity (Wildman–Crippen MR) is 51.1 cm³/mol. The Morgan fingerprint density at radius 2 is 0.368 bits per heavy atom. The molecule has 0 unspecified atom stereocenters. The van der Waals surface area contributed by atoms with Crippen LogP contribution in [0.15, 0.2) is 0 Å². The van der Waals surface area contributed by atoms with E-state index >= 15 is 0 Å². The molecule has 0 aromatic carbocycles. The molecule has 0 saturated carbocycles. The van der Waals surface area contributed by atoms with Gasteiger partial charge in [-0.05, 0) is 0 Å². The van der Waals surface area contributed by atoms with Crippen molar-refractivity contribution >= 4 is 0 Å². The molecule has 0 radical (unpaired) electrons. The summed E-state index contributed by atoms with van der Waals surface area (Å²) in [4.78, 5) is 7.50. The molecule has 0 aliphatic carbocycles. The van der Waals surface area contributed by atoms with Gasteiger partial charge in [0.1, 0.15) is 0 Å². The van der Waals surface area contributed by atoms with Gasteiger partial charge >= 0.3 is 160 Å². The van der Waals surface area contributed by atoms with Crippen molar-refractivity contribution in [1.82, 2.24) is 0 Å². The molecule has 0 amide bonds. The van der Waals surface area contributed by atoms with E-state index in [0.717, 1.165) is 0 Å². The summed E-state index contributed by atoms with van der Waals surface area (Å²) in [5.41, 5.74) is 67.5. The van der Waals surface area contributed by atoms with Gasteiger partial charge in [0.2, 0.25) is 0 Å². The van der Waals surface area contributed by atoms with Crippen LogP contribution in [-0.4, -0.2) is 0 Å². The van der Waals surface area contributed by atoms with E-state index in [1.165, 1.54) is 24.6 Å². The van der Waals surface area contributed by atoms with Crippen LogP contribution >= 0.6 is 0 Å². The van der Waals surface area contributed by atoms with Crippen molar-refractivity contribution in [1.29, 1.82) is 0 Å². The molecule has 0 aliphatic heterocycles. The average molecular weight is 585 g/mol. The largest absolute Gasteiger partial charge is 5.00 e. The standard InChI is InChI=1S/2Cs.5N3.Nb.O/c;;5*1-3-2;;/q2*+1;5*-1;+5;-2. The van der Waals surface area contributed by atoms with Gasteiger partial charge in [-0.25, -0.2) is 0 Å². The van der Waals surface area contributed by atoms with E-state index in [1.54, 1.807) is 0 Å². The molecule has 0 saturated heterocycles. The Kier molecular flexibility index (Phi) is 503. The first kappa shape index (κ1) is 59.1. The van der Waals surface area contributed by atoms with E-state index in [0.29, 0.717) is 0 Å². The third kappa shape index (κ3) is 3180. The van der Waals surface area contributed by atoms with Crippen molar-refractivity contribution in [2.24, 2.45) is 0 Å². The molecule has 0 rings (SSSR count). The fraction of sp³-hybridized carbons (Fsp3) is 0. The summed E-state index contributed by atoms with van der Waals surface area (Å²) < 4.78 is 0. The van der Waals surface area contributed by atoms with Crippen LogP contribution in [0.2, 0.25) is 0 Å². The third-order valence-corrected chi connectivity index (χ3v) is 0. The van der Waals surface area contributed by atoms with Crippen molar-refractivity contribution in [2.45, 2.75) is 0 Å².